The molecule has 19 nitrogen and oxygen atoms in total. The standard InChI is InChI=1S/C56H67F2N13O6/c1-67-22-24-68(25-23-67)41-15-16-42(53(74)64-52-44-29-35(14-17-45(44)65-66-52)26-36-27-37(57)30-38(58)28-36)47(31-41)62-40-10-9-20-69(34-40)50(73)13-6-4-2-3-5-7-21-70(60)33-39(59)32-61-46-12-8-11-43-51(46)56(77)71(55(43)76)48-18-19-49(72)63-54(48)75/h8,11-12,14-17,27-31,33,40,48,61-62H,2-7,9-10,13,18-26,32,34,59-60H2,1H3,(H,63,72,75)(H2,64,65,66,74)/b39-33-. The number of H-pyrrole nitrogens is 1. The number of hydrogen-bond acceptors (Lipinski definition) is 14. The van der Waals surface area contributed by atoms with Crippen LogP contribution >= 0.6 is 0 Å². The number of unbranched alkanes of at least 4 members (excludes halogenated alkanes) is 5. The second kappa shape index (κ2) is 24.4. The van der Waals surface area contributed by atoms with Crippen molar-refractivity contribution in [2.75, 3.05) is 80.3 Å². The number of anilines is 4. The first kappa shape index (κ1) is 53.9. The van der Waals surface area contributed by atoms with Gasteiger partial charge >= 0.3 is 0 Å². The second-order valence-electron chi connectivity index (χ2n) is 20.5. The third-order valence-electron chi connectivity index (χ3n) is 14.8. The molecule has 2 unspecified atom stereocenters. The van der Waals surface area contributed by atoms with Crippen molar-refractivity contribution in [1.29, 1.82) is 0 Å². The Morgan fingerprint density at radius 3 is 2.39 bits per heavy atom. The first-order valence-corrected chi connectivity index (χ1v) is 26.6. The predicted octanol–water partition coefficient (Wildman–Crippen LogP) is 6.06. The zero-order valence-corrected chi connectivity index (χ0v) is 43.3. The van der Waals surface area contributed by atoms with Crippen LogP contribution in [0.25, 0.3) is 10.9 Å². The van der Waals surface area contributed by atoms with E-state index in [2.05, 4.69) is 48.3 Å². The molecule has 3 saturated heterocycles. The lowest BCUT2D eigenvalue weighted by molar-refractivity contribution is -0.136. The monoisotopic (exact) mass is 1060 g/mol. The van der Waals surface area contributed by atoms with Crippen LogP contribution in [-0.2, 0) is 20.8 Å². The Hall–Kier alpha value is -7.91. The summed E-state index contributed by atoms with van der Waals surface area (Å²) in [7, 11) is 2.11. The van der Waals surface area contributed by atoms with Crippen LogP contribution in [0.4, 0.5) is 31.7 Å². The summed E-state index contributed by atoms with van der Waals surface area (Å²) in [5.41, 5.74) is 11.5. The van der Waals surface area contributed by atoms with Crippen molar-refractivity contribution in [3.63, 3.8) is 0 Å². The Morgan fingerprint density at radius 2 is 1.61 bits per heavy atom. The highest BCUT2D eigenvalue weighted by molar-refractivity contribution is 6.25. The number of carbonyl (C=O) groups is 6. The van der Waals surface area contributed by atoms with Gasteiger partial charge in [0.1, 0.15) is 17.7 Å². The first-order valence-electron chi connectivity index (χ1n) is 26.6. The van der Waals surface area contributed by atoms with Crippen LogP contribution in [0.3, 0.4) is 0 Å². The zero-order chi connectivity index (χ0) is 54.2. The first-order chi connectivity index (χ1) is 37.2. The molecule has 2 atom stereocenters. The second-order valence-corrected chi connectivity index (χ2v) is 20.5. The van der Waals surface area contributed by atoms with Crippen LogP contribution in [0.1, 0.15) is 113 Å². The molecule has 4 aromatic carbocycles. The number of amides is 6. The van der Waals surface area contributed by atoms with Gasteiger partial charge in [-0.05, 0) is 111 Å². The van der Waals surface area contributed by atoms with Gasteiger partial charge in [0.15, 0.2) is 5.82 Å². The maximum absolute atomic E-state index is 14.2. The summed E-state index contributed by atoms with van der Waals surface area (Å²) in [5.74, 6) is 2.76. The molecule has 4 aliphatic rings. The molecule has 0 spiro atoms. The van der Waals surface area contributed by atoms with Crippen molar-refractivity contribution in [2.24, 2.45) is 11.6 Å². The number of rotatable bonds is 21. The van der Waals surface area contributed by atoms with Crippen LogP contribution in [0.5, 0.6) is 0 Å². The molecule has 4 aliphatic heterocycles. The van der Waals surface area contributed by atoms with E-state index in [1.54, 1.807) is 18.3 Å². The smallest absolute Gasteiger partial charge is 0.264 e. The van der Waals surface area contributed by atoms with Crippen molar-refractivity contribution in [1.82, 2.24) is 35.2 Å². The molecule has 9 rings (SSSR count). The van der Waals surface area contributed by atoms with Crippen molar-refractivity contribution in [2.45, 2.75) is 89.1 Å². The Bertz CT molecular complexity index is 3050. The highest BCUT2D eigenvalue weighted by atomic mass is 19.1. The van der Waals surface area contributed by atoms with E-state index in [0.717, 1.165) is 99.8 Å². The molecule has 1 aromatic heterocycles. The van der Waals surface area contributed by atoms with Crippen molar-refractivity contribution < 1.29 is 37.5 Å². The van der Waals surface area contributed by atoms with E-state index in [9.17, 15) is 37.5 Å². The Morgan fingerprint density at radius 1 is 0.844 bits per heavy atom. The number of likely N-dealkylation sites (tertiary alicyclic amines) is 1. The Kier molecular flexibility index (Phi) is 17.1. The number of benzene rings is 4. The van der Waals surface area contributed by atoms with E-state index in [1.807, 2.05) is 41.3 Å². The van der Waals surface area contributed by atoms with Crippen LogP contribution in [-0.4, -0.2) is 137 Å². The van der Waals surface area contributed by atoms with E-state index < -0.39 is 41.3 Å². The number of aromatic amines is 1. The van der Waals surface area contributed by atoms with E-state index >= 15 is 0 Å². The molecule has 9 N–H and O–H groups in total. The molecule has 5 heterocycles. The molecular formula is C56H67F2N13O6. The number of aromatic nitrogens is 2. The maximum Gasteiger partial charge on any atom is 0.264 e. The number of halogens is 2. The third-order valence-corrected chi connectivity index (χ3v) is 14.8. The van der Waals surface area contributed by atoms with E-state index in [0.29, 0.717) is 71.0 Å². The normalized spacial score (nSPS) is 18.2. The molecule has 77 heavy (non-hydrogen) atoms. The molecule has 5 aromatic rings. The summed E-state index contributed by atoms with van der Waals surface area (Å²) >= 11 is 0. The van der Waals surface area contributed by atoms with Gasteiger partial charge in [-0.3, -0.25) is 44.1 Å². The van der Waals surface area contributed by atoms with Gasteiger partial charge in [0.05, 0.1) is 28.8 Å². The van der Waals surface area contributed by atoms with Gasteiger partial charge in [-0.1, -0.05) is 37.8 Å². The minimum atomic E-state index is -1.06. The van der Waals surface area contributed by atoms with Crippen LogP contribution in [0.15, 0.2) is 84.7 Å². The lowest BCUT2D eigenvalue weighted by Crippen LogP contribution is -2.54. The fraction of sp³-hybridized carbons (Fsp3) is 0.411. The fourth-order valence-corrected chi connectivity index (χ4v) is 10.7. The molecule has 0 saturated carbocycles. The highest BCUT2D eigenvalue weighted by Gasteiger charge is 2.45. The number of nitrogens with one attached hydrogen (secondary N) is 5. The largest absolute Gasteiger partial charge is 0.399 e. The number of hydrazine groups is 1. The van der Waals surface area contributed by atoms with E-state index in [4.69, 9.17) is 11.6 Å². The minimum Gasteiger partial charge on any atom is -0.399 e. The highest BCUT2D eigenvalue weighted by Crippen LogP contribution is 2.33. The summed E-state index contributed by atoms with van der Waals surface area (Å²) in [6, 6.07) is 18.5. The predicted molar refractivity (Wildman–Crippen MR) is 290 cm³/mol. The van der Waals surface area contributed by atoms with Crippen LogP contribution in [0, 0.1) is 11.6 Å². The molecule has 0 radical (unpaired) electrons. The van der Waals surface area contributed by atoms with E-state index in [1.165, 1.54) is 23.2 Å². The number of fused-ring (bicyclic) bond motifs is 2. The SMILES string of the molecule is CN1CCN(c2ccc(C(=O)Nc3n[nH]c4ccc(Cc5cc(F)cc(F)c5)cc34)c(NC3CCCN(C(=O)CCCCCCCCN(N)/C=C(\N)CNc4cccc5c4C(=O)N(C4CCC(=O)NC4=O)C5=O)C3)c2)CC1. The van der Waals surface area contributed by atoms with Gasteiger partial charge in [0.25, 0.3) is 17.7 Å². The molecule has 0 bridgehead atoms. The lowest BCUT2D eigenvalue weighted by atomic mass is 10.0. The number of nitrogens with two attached hydrogens (primary N) is 2. The number of imide groups is 2. The van der Waals surface area contributed by atoms with Gasteiger partial charge in [-0.15, -0.1) is 0 Å². The van der Waals surface area contributed by atoms with Gasteiger partial charge in [0, 0.05) is 105 Å². The average molecular weight is 1060 g/mol. The van der Waals surface area contributed by atoms with Gasteiger partial charge in [-0.2, -0.15) is 5.10 Å². The molecule has 3 fully saturated rings. The van der Waals surface area contributed by atoms with Crippen molar-refractivity contribution in [3.05, 3.63) is 124 Å². The summed E-state index contributed by atoms with van der Waals surface area (Å²) in [6.45, 7) is 5.46. The van der Waals surface area contributed by atoms with Gasteiger partial charge in [0.2, 0.25) is 17.7 Å². The average Bonchev–Trinajstić information content (AvgIpc) is 3.94. The van der Waals surface area contributed by atoms with Crippen LogP contribution in [0.2, 0.25) is 0 Å². The Labute approximate surface area is 445 Å². The van der Waals surface area contributed by atoms with Gasteiger partial charge < -0.3 is 41.4 Å². The lowest BCUT2D eigenvalue weighted by Gasteiger charge is -2.36. The molecule has 406 valence electrons. The van der Waals surface area contributed by atoms with E-state index in [-0.39, 0.29) is 54.8 Å². The summed E-state index contributed by atoms with van der Waals surface area (Å²) in [6.07, 6.45) is 9.58. The fourth-order valence-electron chi connectivity index (χ4n) is 10.7. The van der Waals surface area contributed by atoms with Gasteiger partial charge in [-0.25, -0.2) is 14.6 Å². The number of nitrogens with zero attached hydrogens (tertiary/aromatic N) is 6. The zero-order valence-electron chi connectivity index (χ0n) is 43.3. The summed E-state index contributed by atoms with van der Waals surface area (Å²) in [5, 5.41) is 21.6. The number of likely N-dealkylation sites (N-methyl/N-ethyl adjacent to an activating group) is 1. The molecule has 0 aliphatic carbocycles. The Balaban J connectivity index is 0.719. The summed E-state index contributed by atoms with van der Waals surface area (Å²) < 4.78 is 27.9. The maximum atomic E-state index is 14.2. The number of piperidine rings is 2. The third kappa shape index (κ3) is 13.2. The van der Waals surface area contributed by atoms with Crippen molar-refractivity contribution in [3.8, 4) is 0 Å². The number of carbonyl (C=O) groups excluding carboxylic acids is 6. The van der Waals surface area contributed by atoms with Crippen molar-refractivity contribution >= 4 is 69.2 Å². The molecule has 21 heteroatoms. The topological polar surface area (TPSA) is 247 Å². The number of hydrogen-bond donors (Lipinski definition) is 7. The quantitative estimate of drug-likeness (QED) is 0.0191. The molecule has 6 amide bonds. The van der Waals surface area contributed by atoms with Crippen LogP contribution < -0.4 is 37.7 Å². The summed E-state index contributed by atoms with van der Waals surface area (Å²) in [4.78, 5) is 86.0. The number of piperazine rings is 1. The molecular weight excluding hydrogens is 989 g/mol. The minimum absolute atomic E-state index is 0.0340.